The first-order valence-corrected chi connectivity index (χ1v) is 4.74. The van der Waals surface area contributed by atoms with E-state index in [2.05, 4.69) is 4.98 Å². The van der Waals surface area contributed by atoms with Gasteiger partial charge in [0.2, 0.25) is 0 Å². The van der Waals surface area contributed by atoms with Gasteiger partial charge in [-0.25, -0.2) is 9.78 Å². The average molecular weight is 237 g/mol. The summed E-state index contributed by atoms with van der Waals surface area (Å²) in [5.74, 6) is -1.49. The number of rotatable bonds is 2. The van der Waals surface area contributed by atoms with Gasteiger partial charge >= 0.3 is 5.69 Å². The van der Waals surface area contributed by atoms with E-state index in [9.17, 15) is 19.5 Å². The van der Waals surface area contributed by atoms with Crippen LogP contribution in [0.1, 0.15) is 0 Å². The maximum atomic E-state index is 11.9. The topological polar surface area (TPSA) is 102 Å². The van der Waals surface area contributed by atoms with Crippen LogP contribution in [0.25, 0.3) is 11.2 Å². The molecule has 8 heteroatoms. The van der Waals surface area contributed by atoms with Gasteiger partial charge in [-0.3, -0.25) is 13.9 Å². The van der Waals surface area contributed by atoms with Crippen LogP contribution in [-0.4, -0.2) is 24.7 Å². The summed E-state index contributed by atoms with van der Waals surface area (Å²) >= 11 is 0. The number of carboxylic acids is 1. The van der Waals surface area contributed by atoms with Crippen molar-refractivity contribution < 1.29 is 9.90 Å². The molecular weight excluding hydrogens is 228 g/mol. The third kappa shape index (κ3) is 1.53. The molecule has 0 saturated carbocycles. The lowest BCUT2D eigenvalue weighted by atomic mass is 10.5. The van der Waals surface area contributed by atoms with Crippen LogP contribution < -0.4 is 16.4 Å². The first kappa shape index (κ1) is 11.1. The molecule has 0 aliphatic heterocycles. The number of hydrogen-bond donors (Lipinski definition) is 0. The molecule has 0 aliphatic rings. The Morgan fingerprint density at radius 2 is 2.06 bits per heavy atom. The van der Waals surface area contributed by atoms with Gasteiger partial charge < -0.3 is 14.5 Å². The third-order valence-electron chi connectivity index (χ3n) is 2.49. The molecule has 2 aromatic rings. The normalized spacial score (nSPS) is 10.9. The SMILES string of the molecule is Cn1cnc2c1c(=O)n(CC(=O)[O-])c(=O)n2C. The van der Waals surface area contributed by atoms with Crippen LogP contribution in [0, 0.1) is 0 Å². The van der Waals surface area contributed by atoms with Gasteiger partial charge in [0.1, 0.15) is 0 Å². The molecule has 17 heavy (non-hydrogen) atoms. The summed E-state index contributed by atoms with van der Waals surface area (Å²) in [6.07, 6.45) is 1.38. The minimum Gasteiger partial charge on any atom is -0.548 e. The maximum Gasteiger partial charge on any atom is 0.332 e. The van der Waals surface area contributed by atoms with Crippen molar-refractivity contribution in [3.63, 3.8) is 0 Å². The molecule has 0 fully saturated rings. The van der Waals surface area contributed by atoms with Crippen molar-refractivity contribution >= 4 is 17.1 Å². The van der Waals surface area contributed by atoms with Gasteiger partial charge in [0.05, 0.1) is 18.8 Å². The number of nitrogens with zero attached hydrogens (tertiary/aromatic N) is 4. The Morgan fingerprint density at radius 1 is 1.41 bits per heavy atom. The minimum absolute atomic E-state index is 0.174. The molecule has 0 amide bonds. The molecule has 90 valence electrons. The van der Waals surface area contributed by atoms with E-state index in [1.54, 1.807) is 7.05 Å². The second kappa shape index (κ2) is 3.58. The van der Waals surface area contributed by atoms with E-state index in [0.29, 0.717) is 4.57 Å². The summed E-state index contributed by atoms with van der Waals surface area (Å²) in [5.41, 5.74) is -1.02. The molecule has 0 spiro atoms. The Morgan fingerprint density at radius 3 is 2.65 bits per heavy atom. The molecular formula is C9H9N4O4-. The fourth-order valence-corrected chi connectivity index (χ4v) is 1.66. The Bertz CT molecular complexity index is 721. The largest absolute Gasteiger partial charge is 0.548 e. The number of carbonyl (C=O) groups excluding carboxylic acids is 1. The number of carboxylic acid groups (broad SMARTS) is 1. The molecule has 2 aromatic heterocycles. The molecule has 0 aromatic carbocycles. The summed E-state index contributed by atoms with van der Waals surface area (Å²) in [4.78, 5) is 38.1. The van der Waals surface area contributed by atoms with Gasteiger partial charge in [-0.2, -0.15) is 0 Å². The molecule has 2 rings (SSSR count). The molecule has 0 radical (unpaired) electrons. The van der Waals surface area contributed by atoms with Crippen molar-refractivity contribution in [2.24, 2.45) is 14.1 Å². The van der Waals surface area contributed by atoms with Gasteiger partial charge in [0.15, 0.2) is 11.2 Å². The predicted molar refractivity (Wildman–Crippen MR) is 55.2 cm³/mol. The van der Waals surface area contributed by atoms with E-state index >= 15 is 0 Å². The van der Waals surface area contributed by atoms with Crippen molar-refractivity contribution in [3.8, 4) is 0 Å². The highest BCUT2D eigenvalue weighted by molar-refractivity contribution is 5.70. The number of aromatic nitrogens is 4. The molecule has 0 bridgehead atoms. The summed E-state index contributed by atoms with van der Waals surface area (Å²) in [6.45, 7) is -0.771. The standard InChI is InChI=1S/C9H10N4O4/c1-11-4-10-7-6(11)8(16)13(3-5(14)15)9(17)12(7)2/h4H,3H2,1-2H3,(H,14,15)/p-1. The van der Waals surface area contributed by atoms with Crippen LogP contribution in [0.4, 0.5) is 0 Å². The molecule has 0 saturated heterocycles. The molecule has 0 aliphatic carbocycles. The molecule has 0 N–H and O–H groups in total. The molecule has 0 atom stereocenters. The Balaban J connectivity index is 2.94. The highest BCUT2D eigenvalue weighted by atomic mass is 16.4. The van der Waals surface area contributed by atoms with E-state index < -0.39 is 23.8 Å². The van der Waals surface area contributed by atoms with Gasteiger partial charge in [0.25, 0.3) is 5.56 Å². The van der Waals surface area contributed by atoms with Crippen molar-refractivity contribution in [1.29, 1.82) is 0 Å². The van der Waals surface area contributed by atoms with Gasteiger partial charge in [-0.05, 0) is 0 Å². The lowest BCUT2D eigenvalue weighted by Gasteiger charge is -2.08. The number of fused-ring (bicyclic) bond motifs is 1. The summed E-state index contributed by atoms with van der Waals surface area (Å²) in [5, 5.41) is 10.5. The highest BCUT2D eigenvalue weighted by Crippen LogP contribution is 2.02. The second-order valence-corrected chi connectivity index (χ2v) is 3.63. The monoisotopic (exact) mass is 237 g/mol. The molecule has 0 unspecified atom stereocenters. The van der Waals surface area contributed by atoms with Crippen molar-refractivity contribution in [2.45, 2.75) is 6.54 Å². The van der Waals surface area contributed by atoms with Crippen LogP contribution in [-0.2, 0) is 25.4 Å². The summed E-state index contributed by atoms with van der Waals surface area (Å²) < 4.78 is 3.17. The van der Waals surface area contributed by atoms with Crippen LogP contribution in [0.5, 0.6) is 0 Å². The van der Waals surface area contributed by atoms with Crippen LogP contribution in [0.2, 0.25) is 0 Å². The first-order chi connectivity index (χ1) is 7.93. The summed E-state index contributed by atoms with van der Waals surface area (Å²) in [7, 11) is 3.01. The lowest BCUT2D eigenvalue weighted by molar-refractivity contribution is -0.306. The van der Waals surface area contributed by atoms with E-state index in [-0.39, 0.29) is 11.2 Å². The van der Waals surface area contributed by atoms with Gasteiger partial charge in [-0.15, -0.1) is 0 Å². The number of aryl methyl sites for hydroxylation is 2. The molecule has 8 nitrogen and oxygen atoms in total. The number of imidazole rings is 1. The number of aliphatic carboxylic acids is 1. The van der Waals surface area contributed by atoms with E-state index in [0.717, 1.165) is 4.57 Å². The Kier molecular flexibility index (Phi) is 2.34. The average Bonchev–Trinajstić information content (AvgIpc) is 2.63. The smallest absolute Gasteiger partial charge is 0.332 e. The highest BCUT2D eigenvalue weighted by Gasteiger charge is 2.14. The number of carbonyl (C=O) groups is 1. The lowest BCUT2D eigenvalue weighted by Crippen LogP contribution is -2.44. The van der Waals surface area contributed by atoms with Crippen molar-refractivity contribution in [2.75, 3.05) is 0 Å². The zero-order valence-corrected chi connectivity index (χ0v) is 9.21. The molecule has 2 heterocycles. The van der Waals surface area contributed by atoms with Crippen LogP contribution >= 0.6 is 0 Å². The fraction of sp³-hybridized carbons (Fsp3) is 0.333. The zero-order chi connectivity index (χ0) is 12.7. The first-order valence-electron chi connectivity index (χ1n) is 4.74. The second-order valence-electron chi connectivity index (χ2n) is 3.63. The maximum absolute atomic E-state index is 11.9. The van der Waals surface area contributed by atoms with Gasteiger partial charge in [0, 0.05) is 14.1 Å². The third-order valence-corrected chi connectivity index (χ3v) is 2.49. The van der Waals surface area contributed by atoms with Crippen LogP contribution in [0.15, 0.2) is 15.9 Å². The minimum atomic E-state index is -1.49. The van der Waals surface area contributed by atoms with E-state index in [1.807, 2.05) is 0 Å². The quantitative estimate of drug-likeness (QED) is 0.560. The van der Waals surface area contributed by atoms with E-state index in [4.69, 9.17) is 0 Å². The Labute approximate surface area is 94.3 Å². The predicted octanol–water partition coefficient (Wildman–Crippen LogP) is -2.82. The van der Waals surface area contributed by atoms with Crippen molar-refractivity contribution in [3.05, 3.63) is 27.2 Å². The Hall–Kier alpha value is -2.38. The van der Waals surface area contributed by atoms with E-state index in [1.165, 1.54) is 17.9 Å². The van der Waals surface area contributed by atoms with Gasteiger partial charge in [-0.1, -0.05) is 0 Å². The van der Waals surface area contributed by atoms with Crippen molar-refractivity contribution in [1.82, 2.24) is 18.7 Å². The summed E-state index contributed by atoms with van der Waals surface area (Å²) in [6, 6.07) is 0. The van der Waals surface area contributed by atoms with Crippen LogP contribution in [0.3, 0.4) is 0 Å². The number of hydrogen-bond acceptors (Lipinski definition) is 5. The zero-order valence-electron chi connectivity index (χ0n) is 9.21. The fourth-order valence-electron chi connectivity index (χ4n) is 1.66.